The van der Waals surface area contributed by atoms with Crippen LogP contribution in [0.25, 0.3) is 0 Å². The highest BCUT2D eigenvalue weighted by Crippen LogP contribution is 2.08. The van der Waals surface area contributed by atoms with Crippen molar-refractivity contribution in [1.82, 2.24) is 10.6 Å². The molecule has 2 aromatic rings. The molecule has 0 spiro atoms. The summed E-state index contributed by atoms with van der Waals surface area (Å²) in [6.45, 7) is 1.49. The average Bonchev–Trinajstić information content (AvgIpc) is 3.13. The number of carbonyl (C=O) groups excluding carboxylic acids is 2. The van der Waals surface area contributed by atoms with E-state index in [2.05, 4.69) is 10.6 Å². The Morgan fingerprint density at radius 1 is 1.12 bits per heavy atom. The highest BCUT2D eigenvalue weighted by atomic mass is 16.4. The minimum Gasteiger partial charge on any atom is -0.481 e. The zero-order valence-electron chi connectivity index (χ0n) is 13.8. The van der Waals surface area contributed by atoms with Crippen molar-refractivity contribution in [2.75, 3.05) is 6.54 Å². The number of rotatable bonds is 8. The number of carboxylic acids is 1. The molecule has 1 aromatic heterocycles. The van der Waals surface area contributed by atoms with Crippen LogP contribution in [0, 0.1) is 5.92 Å². The van der Waals surface area contributed by atoms with Gasteiger partial charge in [-0.3, -0.25) is 14.4 Å². The Bertz CT molecular complexity index is 712. The van der Waals surface area contributed by atoms with Gasteiger partial charge in [0.1, 0.15) is 6.04 Å². The summed E-state index contributed by atoms with van der Waals surface area (Å²) in [5.41, 5.74) is 0.878. The van der Waals surface area contributed by atoms with Crippen LogP contribution < -0.4 is 10.6 Å². The normalized spacial score (nSPS) is 12.8. The summed E-state index contributed by atoms with van der Waals surface area (Å²) in [6.07, 6.45) is 1.67. The van der Waals surface area contributed by atoms with Crippen LogP contribution in [-0.4, -0.2) is 35.5 Å². The van der Waals surface area contributed by atoms with Gasteiger partial charge in [0.05, 0.1) is 12.2 Å². The minimum absolute atomic E-state index is 0.0238. The second-order valence-electron chi connectivity index (χ2n) is 5.64. The molecule has 0 saturated heterocycles. The maximum absolute atomic E-state index is 12.1. The van der Waals surface area contributed by atoms with Gasteiger partial charge in [-0.05, 0) is 31.0 Å². The quantitative estimate of drug-likeness (QED) is 0.672. The molecule has 2 amide bonds. The summed E-state index contributed by atoms with van der Waals surface area (Å²) in [7, 11) is 0. The number of carboxylic acid groups (broad SMARTS) is 1. The van der Waals surface area contributed by atoms with Gasteiger partial charge in [0.15, 0.2) is 5.76 Å². The Kier molecular flexibility index (Phi) is 6.33. The molecule has 0 radical (unpaired) electrons. The lowest BCUT2D eigenvalue weighted by Gasteiger charge is -2.17. The molecule has 3 N–H and O–H groups in total. The summed E-state index contributed by atoms with van der Waals surface area (Å²) < 4.78 is 4.95. The van der Waals surface area contributed by atoms with E-state index in [1.807, 2.05) is 30.3 Å². The van der Waals surface area contributed by atoms with Gasteiger partial charge in [-0.15, -0.1) is 0 Å². The number of benzene rings is 1. The molecule has 7 nitrogen and oxygen atoms in total. The maximum atomic E-state index is 12.1. The van der Waals surface area contributed by atoms with Gasteiger partial charge in [0, 0.05) is 6.54 Å². The lowest BCUT2D eigenvalue weighted by molar-refractivity contribution is -0.141. The average molecular weight is 344 g/mol. The third-order valence-electron chi connectivity index (χ3n) is 3.68. The maximum Gasteiger partial charge on any atom is 0.308 e. The van der Waals surface area contributed by atoms with E-state index in [4.69, 9.17) is 4.42 Å². The molecular weight excluding hydrogens is 324 g/mol. The fraction of sp³-hybridized carbons (Fsp3) is 0.278. The standard InChI is InChI=1S/C18H20N2O5/c1-12(20-17(22)15-8-5-9-25-15)16(21)19-11-14(18(23)24)10-13-6-3-2-4-7-13/h2-9,12,14H,10-11H2,1H3,(H,19,21)(H,20,22)(H,23,24). The molecule has 7 heteroatoms. The van der Waals surface area contributed by atoms with Gasteiger partial charge in [-0.2, -0.15) is 0 Å². The number of aliphatic carboxylic acids is 1. The minimum atomic E-state index is -0.989. The second kappa shape index (κ2) is 8.68. The Labute approximate surface area is 145 Å². The SMILES string of the molecule is CC(NC(=O)c1ccco1)C(=O)NCC(Cc1ccccc1)C(=O)O. The number of hydrogen-bond acceptors (Lipinski definition) is 4. The lowest BCUT2D eigenvalue weighted by atomic mass is 9.99. The second-order valence-corrected chi connectivity index (χ2v) is 5.64. The molecule has 0 saturated carbocycles. The van der Waals surface area contributed by atoms with Gasteiger partial charge >= 0.3 is 5.97 Å². The monoisotopic (exact) mass is 344 g/mol. The summed E-state index contributed by atoms with van der Waals surface area (Å²) in [5, 5.41) is 14.4. The van der Waals surface area contributed by atoms with Crippen LogP contribution in [0.3, 0.4) is 0 Å². The van der Waals surface area contributed by atoms with E-state index < -0.39 is 29.7 Å². The number of furan rings is 1. The summed E-state index contributed by atoms with van der Waals surface area (Å²) >= 11 is 0. The summed E-state index contributed by atoms with van der Waals surface area (Å²) in [4.78, 5) is 35.3. The van der Waals surface area contributed by atoms with Crippen molar-refractivity contribution in [2.45, 2.75) is 19.4 Å². The van der Waals surface area contributed by atoms with Crippen LogP contribution in [0.1, 0.15) is 23.0 Å². The van der Waals surface area contributed by atoms with E-state index in [1.165, 1.54) is 19.3 Å². The van der Waals surface area contributed by atoms with E-state index in [9.17, 15) is 19.5 Å². The Balaban J connectivity index is 1.85. The van der Waals surface area contributed by atoms with Crippen molar-refractivity contribution in [3.63, 3.8) is 0 Å². The topological polar surface area (TPSA) is 109 Å². The third-order valence-corrected chi connectivity index (χ3v) is 3.68. The molecule has 1 heterocycles. The zero-order chi connectivity index (χ0) is 18.2. The summed E-state index contributed by atoms with van der Waals surface area (Å²) in [5.74, 6) is -2.60. The van der Waals surface area contributed by atoms with Crippen LogP contribution in [0.4, 0.5) is 0 Å². The molecule has 1 aromatic carbocycles. The van der Waals surface area contributed by atoms with Crippen molar-refractivity contribution in [3.05, 3.63) is 60.1 Å². The zero-order valence-corrected chi connectivity index (χ0v) is 13.8. The fourth-order valence-electron chi connectivity index (χ4n) is 2.26. The molecule has 25 heavy (non-hydrogen) atoms. The van der Waals surface area contributed by atoms with E-state index >= 15 is 0 Å². The van der Waals surface area contributed by atoms with E-state index in [0.717, 1.165) is 5.56 Å². The highest BCUT2D eigenvalue weighted by molar-refractivity contribution is 5.95. The molecule has 2 unspecified atom stereocenters. The largest absolute Gasteiger partial charge is 0.481 e. The van der Waals surface area contributed by atoms with Crippen molar-refractivity contribution in [1.29, 1.82) is 0 Å². The van der Waals surface area contributed by atoms with Crippen molar-refractivity contribution in [3.8, 4) is 0 Å². The number of hydrogen-bond donors (Lipinski definition) is 3. The molecule has 0 fully saturated rings. The summed E-state index contributed by atoms with van der Waals surface area (Å²) in [6, 6.07) is 11.4. The lowest BCUT2D eigenvalue weighted by Crippen LogP contribution is -2.46. The van der Waals surface area contributed by atoms with Gasteiger partial charge in [0.2, 0.25) is 5.91 Å². The van der Waals surface area contributed by atoms with Crippen molar-refractivity contribution >= 4 is 17.8 Å². The molecule has 0 aliphatic heterocycles. The van der Waals surface area contributed by atoms with E-state index in [-0.39, 0.29) is 12.3 Å². The van der Waals surface area contributed by atoms with E-state index in [1.54, 1.807) is 6.07 Å². The first kappa shape index (κ1) is 18.3. The number of carbonyl (C=O) groups is 3. The van der Waals surface area contributed by atoms with Gasteiger partial charge in [-0.1, -0.05) is 30.3 Å². The van der Waals surface area contributed by atoms with Crippen LogP contribution in [0.5, 0.6) is 0 Å². The third kappa shape index (κ3) is 5.49. The molecule has 0 aliphatic carbocycles. The van der Waals surface area contributed by atoms with Gasteiger partial charge < -0.3 is 20.2 Å². The molecule has 2 rings (SSSR count). The Morgan fingerprint density at radius 3 is 2.44 bits per heavy atom. The molecule has 2 atom stereocenters. The molecular formula is C18H20N2O5. The molecule has 132 valence electrons. The van der Waals surface area contributed by atoms with Crippen LogP contribution in [0.15, 0.2) is 53.1 Å². The van der Waals surface area contributed by atoms with Crippen LogP contribution in [-0.2, 0) is 16.0 Å². The number of nitrogens with one attached hydrogen (secondary N) is 2. The Hall–Kier alpha value is -3.09. The first-order chi connectivity index (χ1) is 12.0. The first-order valence-corrected chi connectivity index (χ1v) is 7.86. The van der Waals surface area contributed by atoms with Crippen LogP contribution in [0.2, 0.25) is 0 Å². The number of amides is 2. The molecule has 0 bridgehead atoms. The molecule has 0 aliphatic rings. The van der Waals surface area contributed by atoms with E-state index in [0.29, 0.717) is 6.42 Å². The predicted octanol–water partition coefficient (Wildman–Crippen LogP) is 1.46. The Morgan fingerprint density at radius 2 is 1.84 bits per heavy atom. The van der Waals surface area contributed by atoms with Crippen molar-refractivity contribution in [2.24, 2.45) is 5.92 Å². The van der Waals surface area contributed by atoms with Gasteiger partial charge in [0.25, 0.3) is 5.91 Å². The highest BCUT2D eigenvalue weighted by Gasteiger charge is 2.22. The predicted molar refractivity (Wildman–Crippen MR) is 89.9 cm³/mol. The smallest absolute Gasteiger partial charge is 0.308 e. The first-order valence-electron chi connectivity index (χ1n) is 7.86. The van der Waals surface area contributed by atoms with Crippen LogP contribution >= 0.6 is 0 Å². The van der Waals surface area contributed by atoms with Gasteiger partial charge in [-0.25, -0.2) is 0 Å². The van der Waals surface area contributed by atoms with Crippen molar-refractivity contribution < 1.29 is 23.9 Å². The fourth-order valence-corrected chi connectivity index (χ4v) is 2.26.